The van der Waals surface area contributed by atoms with Crippen LogP contribution in [0, 0.1) is 0 Å². The Labute approximate surface area is 138 Å². The van der Waals surface area contributed by atoms with E-state index in [-0.39, 0.29) is 5.28 Å². The van der Waals surface area contributed by atoms with Crippen molar-refractivity contribution in [3.8, 4) is 22.8 Å². The molecule has 4 aromatic rings. The van der Waals surface area contributed by atoms with Gasteiger partial charge >= 0.3 is 5.28 Å². The van der Waals surface area contributed by atoms with Gasteiger partial charge < -0.3 is 0 Å². The number of hydrogen-bond donors (Lipinski definition) is 0. The van der Waals surface area contributed by atoms with Gasteiger partial charge in [0.25, 0.3) is 11.6 Å². The van der Waals surface area contributed by atoms with E-state index in [2.05, 4.69) is 39.2 Å². The monoisotopic (exact) mass is 318 g/mol. The van der Waals surface area contributed by atoms with Crippen LogP contribution in [-0.4, -0.2) is 9.97 Å². The maximum atomic E-state index is 6.13. The summed E-state index contributed by atoms with van der Waals surface area (Å²) in [7, 11) is 0. The zero-order valence-corrected chi connectivity index (χ0v) is 13.0. The zero-order chi connectivity index (χ0) is 15.6. The molecule has 0 unspecified atom stereocenters. The number of benzene rings is 3. The van der Waals surface area contributed by atoms with E-state index < -0.39 is 0 Å². The lowest BCUT2D eigenvalue weighted by molar-refractivity contribution is -0.359. The van der Waals surface area contributed by atoms with Gasteiger partial charge in [0.2, 0.25) is 0 Å². The summed E-state index contributed by atoms with van der Waals surface area (Å²) in [6.07, 6.45) is 0. The smallest absolute Gasteiger partial charge is 0.240 e. The molecule has 3 nitrogen and oxygen atoms in total. The molecule has 0 saturated carbocycles. The van der Waals surface area contributed by atoms with Crippen molar-refractivity contribution in [3.63, 3.8) is 0 Å². The molecule has 23 heavy (non-hydrogen) atoms. The van der Waals surface area contributed by atoms with Crippen molar-refractivity contribution < 1.29 is 4.98 Å². The highest BCUT2D eigenvalue weighted by atomic mass is 35.5. The summed E-state index contributed by atoms with van der Waals surface area (Å²) >= 11 is 6.13. The van der Waals surface area contributed by atoms with Gasteiger partial charge in [0, 0.05) is 0 Å². The summed E-state index contributed by atoms with van der Waals surface area (Å²) in [5.41, 5.74) is 1.95. The Morgan fingerprint density at radius 2 is 1.30 bits per heavy atom. The second-order valence-electron chi connectivity index (χ2n) is 5.24. The fraction of sp³-hybridized carbons (Fsp3) is 0. The number of aromatic amines is 1. The molecule has 0 spiro atoms. The first-order chi connectivity index (χ1) is 11.3. The molecule has 0 bridgehead atoms. The van der Waals surface area contributed by atoms with E-state index in [0.29, 0.717) is 11.6 Å². The molecule has 1 heterocycles. The third kappa shape index (κ3) is 2.79. The summed E-state index contributed by atoms with van der Waals surface area (Å²) in [5.74, 6) is 1.41. The molecule has 3 aromatic carbocycles. The van der Waals surface area contributed by atoms with Crippen molar-refractivity contribution in [2.45, 2.75) is 0 Å². The zero-order valence-electron chi connectivity index (χ0n) is 12.2. The molecule has 0 amide bonds. The number of rotatable bonds is 2. The molecule has 4 rings (SSSR count). The third-order valence-electron chi connectivity index (χ3n) is 3.72. The van der Waals surface area contributed by atoms with Gasteiger partial charge in [0.1, 0.15) is 0 Å². The van der Waals surface area contributed by atoms with Gasteiger partial charge in [-0.1, -0.05) is 58.5 Å². The number of halogens is 1. The Morgan fingerprint density at radius 3 is 2.09 bits per heavy atom. The predicted octanol–water partition coefficient (Wildman–Crippen LogP) is 4.43. The van der Waals surface area contributed by atoms with Crippen molar-refractivity contribution in [1.29, 1.82) is 0 Å². The lowest BCUT2D eigenvalue weighted by atomic mass is 10.1. The van der Waals surface area contributed by atoms with Crippen molar-refractivity contribution in [1.82, 2.24) is 9.97 Å². The molecule has 4 heteroatoms. The Hall–Kier alpha value is -2.78. The van der Waals surface area contributed by atoms with E-state index in [4.69, 9.17) is 11.6 Å². The largest absolute Gasteiger partial charge is 0.372 e. The molecule has 0 aliphatic heterocycles. The Morgan fingerprint density at radius 1 is 0.652 bits per heavy atom. The van der Waals surface area contributed by atoms with Gasteiger partial charge in [-0.2, -0.15) is 0 Å². The fourth-order valence-corrected chi connectivity index (χ4v) is 2.75. The molecule has 0 aliphatic carbocycles. The SMILES string of the molecule is Clc1nc(-c2ccccc2)[nH+]c(-c2ccc3ccccc3c2)n1. The van der Waals surface area contributed by atoms with E-state index in [0.717, 1.165) is 16.5 Å². The summed E-state index contributed by atoms with van der Waals surface area (Å²) < 4.78 is 0. The van der Waals surface area contributed by atoms with Gasteiger partial charge in [-0.05, 0) is 46.6 Å². The van der Waals surface area contributed by atoms with Gasteiger partial charge in [-0.15, -0.1) is 0 Å². The molecular formula is C19H13ClN3+. The van der Waals surface area contributed by atoms with Crippen LogP contribution in [0.2, 0.25) is 5.28 Å². The lowest BCUT2D eigenvalue weighted by Gasteiger charge is -2.01. The Kier molecular flexibility index (Phi) is 3.48. The number of nitrogens with one attached hydrogen (secondary N) is 1. The van der Waals surface area contributed by atoms with Gasteiger partial charge in [0.15, 0.2) is 0 Å². The highest BCUT2D eigenvalue weighted by molar-refractivity contribution is 6.28. The summed E-state index contributed by atoms with van der Waals surface area (Å²) in [4.78, 5) is 11.9. The molecular weight excluding hydrogens is 306 g/mol. The second-order valence-corrected chi connectivity index (χ2v) is 5.58. The van der Waals surface area contributed by atoms with E-state index in [9.17, 15) is 0 Å². The van der Waals surface area contributed by atoms with Crippen molar-refractivity contribution >= 4 is 22.4 Å². The van der Waals surface area contributed by atoms with Crippen molar-refractivity contribution in [2.24, 2.45) is 0 Å². The third-order valence-corrected chi connectivity index (χ3v) is 3.88. The number of aromatic nitrogens is 3. The van der Waals surface area contributed by atoms with Crippen molar-refractivity contribution in [2.75, 3.05) is 0 Å². The van der Waals surface area contributed by atoms with Crippen LogP contribution in [0.5, 0.6) is 0 Å². The van der Waals surface area contributed by atoms with Crippen LogP contribution < -0.4 is 4.98 Å². The van der Waals surface area contributed by atoms with Crippen LogP contribution >= 0.6 is 11.6 Å². The summed E-state index contributed by atoms with van der Waals surface area (Å²) in [6, 6.07) is 24.3. The van der Waals surface area contributed by atoms with Crippen molar-refractivity contribution in [3.05, 3.63) is 78.1 Å². The molecule has 0 atom stereocenters. The van der Waals surface area contributed by atoms with Crippen LogP contribution in [-0.2, 0) is 0 Å². The summed E-state index contributed by atoms with van der Waals surface area (Å²) in [5, 5.41) is 2.58. The molecule has 1 N–H and O–H groups in total. The second kappa shape index (κ2) is 5.78. The minimum absolute atomic E-state index is 0.228. The van der Waals surface area contributed by atoms with Crippen LogP contribution in [0.15, 0.2) is 72.8 Å². The van der Waals surface area contributed by atoms with Crippen LogP contribution in [0.25, 0.3) is 33.5 Å². The van der Waals surface area contributed by atoms with Gasteiger partial charge in [-0.25, -0.2) is 4.98 Å². The first-order valence-electron chi connectivity index (χ1n) is 7.31. The maximum absolute atomic E-state index is 6.13. The standard InChI is InChI=1S/C19H12ClN3/c20-19-22-17(14-7-2-1-3-8-14)21-18(23-19)16-11-10-13-6-4-5-9-15(13)12-16/h1-12H/p+1. The van der Waals surface area contributed by atoms with E-state index in [1.165, 1.54) is 5.39 Å². The highest BCUT2D eigenvalue weighted by Crippen LogP contribution is 2.22. The van der Waals surface area contributed by atoms with E-state index in [1.54, 1.807) is 0 Å². The molecule has 0 fully saturated rings. The molecule has 0 saturated heterocycles. The van der Waals surface area contributed by atoms with Crippen LogP contribution in [0.1, 0.15) is 0 Å². The minimum atomic E-state index is 0.228. The lowest BCUT2D eigenvalue weighted by Crippen LogP contribution is -2.16. The first-order valence-corrected chi connectivity index (χ1v) is 7.69. The average Bonchev–Trinajstić information content (AvgIpc) is 2.61. The molecule has 1 aromatic heterocycles. The number of nitrogens with zero attached hydrogens (tertiary/aromatic N) is 2. The fourth-order valence-electron chi connectivity index (χ4n) is 2.58. The van der Waals surface area contributed by atoms with E-state index >= 15 is 0 Å². The van der Waals surface area contributed by atoms with Crippen LogP contribution in [0.3, 0.4) is 0 Å². The quantitative estimate of drug-likeness (QED) is 0.548. The number of hydrogen-bond acceptors (Lipinski definition) is 2. The predicted molar refractivity (Wildman–Crippen MR) is 92.0 cm³/mol. The maximum Gasteiger partial charge on any atom is 0.372 e. The van der Waals surface area contributed by atoms with Crippen LogP contribution in [0.4, 0.5) is 0 Å². The number of fused-ring (bicyclic) bond motifs is 1. The molecule has 110 valence electrons. The topological polar surface area (TPSA) is 39.9 Å². The Bertz CT molecular complexity index is 984. The van der Waals surface area contributed by atoms with Gasteiger partial charge in [0.05, 0.1) is 11.1 Å². The number of H-pyrrole nitrogens is 1. The van der Waals surface area contributed by atoms with E-state index in [1.807, 2.05) is 48.5 Å². The molecule has 0 aliphatic rings. The molecule has 0 radical (unpaired) electrons. The normalized spacial score (nSPS) is 10.8. The first kappa shape index (κ1) is 13.9. The summed E-state index contributed by atoms with van der Waals surface area (Å²) in [6.45, 7) is 0. The highest BCUT2D eigenvalue weighted by Gasteiger charge is 2.16. The Balaban J connectivity index is 1.86. The van der Waals surface area contributed by atoms with Gasteiger partial charge in [-0.3, -0.25) is 0 Å². The minimum Gasteiger partial charge on any atom is -0.240 e. The average molecular weight is 319 g/mol.